The molecule has 2 N–H and O–H groups in total. The van der Waals surface area contributed by atoms with Crippen LogP contribution in [0, 0.1) is 6.92 Å². The van der Waals surface area contributed by atoms with E-state index in [9.17, 15) is 14.4 Å². The van der Waals surface area contributed by atoms with Gasteiger partial charge in [-0.15, -0.1) is 11.3 Å². The van der Waals surface area contributed by atoms with Gasteiger partial charge in [-0.3, -0.25) is 9.59 Å². The second kappa shape index (κ2) is 7.87. The van der Waals surface area contributed by atoms with Crippen LogP contribution in [0.5, 0.6) is 0 Å². The van der Waals surface area contributed by atoms with Gasteiger partial charge < -0.3 is 15.3 Å². The summed E-state index contributed by atoms with van der Waals surface area (Å²) in [4.78, 5) is 41.8. The minimum absolute atomic E-state index is 0.0243. The number of amides is 2. The third-order valence-electron chi connectivity index (χ3n) is 4.51. The average molecular weight is 387 g/mol. The number of para-hydroxylation sites is 1. The van der Waals surface area contributed by atoms with E-state index in [4.69, 9.17) is 5.11 Å². The number of carbonyl (C=O) groups is 3. The fraction of sp³-hybridized carbons (Fsp3) is 0.368. The summed E-state index contributed by atoms with van der Waals surface area (Å²) < 4.78 is 0. The molecule has 8 heteroatoms. The second-order valence-corrected chi connectivity index (χ2v) is 7.52. The van der Waals surface area contributed by atoms with Crippen LogP contribution in [0.2, 0.25) is 0 Å². The Morgan fingerprint density at radius 1 is 1.33 bits per heavy atom. The van der Waals surface area contributed by atoms with Crippen LogP contribution in [-0.4, -0.2) is 34.4 Å². The fourth-order valence-corrected chi connectivity index (χ4v) is 4.04. The van der Waals surface area contributed by atoms with E-state index in [2.05, 4.69) is 10.3 Å². The zero-order valence-corrected chi connectivity index (χ0v) is 16.0. The molecule has 1 atom stereocenters. The van der Waals surface area contributed by atoms with Crippen molar-refractivity contribution < 1.29 is 19.5 Å². The van der Waals surface area contributed by atoms with Crippen molar-refractivity contribution in [3.63, 3.8) is 0 Å². The van der Waals surface area contributed by atoms with E-state index in [0.29, 0.717) is 23.7 Å². The Morgan fingerprint density at radius 3 is 2.78 bits per heavy atom. The SMILES string of the molecule is Cc1nc(C(C)NC(=O)CCN2C(=O)CCc3ccccc32)sc1C(=O)O. The third kappa shape index (κ3) is 4.16. The topological polar surface area (TPSA) is 99.6 Å². The Balaban J connectivity index is 1.61. The van der Waals surface area contributed by atoms with Gasteiger partial charge in [0.2, 0.25) is 11.8 Å². The molecular weight excluding hydrogens is 366 g/mol. The number of anilines is 1. The Labute approximate surface area is 161 Å². The van der Waals surface area contributed by atoms with Crippen LogP contribution in [0.25, 0.3) is 0 Å². The molecule has 0 saturated heterocycles. The van der Waals surface area contributed by atoms with Gasteiger partial charge in [-0.25, -0.2) is 9.78 Å². The number of carbonyl (C=O) groups excluding carboxylic acids is 2. The standard InChI is InChI=1S/C19H21N3O4S/c1-11-17(19(25)26)27-18(21-11)12(2)20-15(23)9-10-22-14-6-4-3-5-13(14)7-8-16(22)24/h3-6,12H,7-10H2,1-2H3,(H,20,23)(H,25,26). The molecular formula is C19H21N3O4S. The number of aromatic nitrogens is 1. The molecule has 1 unspecified atom stereocenters. The first-order valence-electron chi connectivity index (χ1n) is 8.75. The zero-order valence-electron chi connectivity index (χ0n) is 15.2. The van der Waals surface area contributed by atoms with Crippen LogP contribution in [0.3, 0.4) is 0 Å². The molecule has 0 saturated carbocycles. The van der Waals surface area contributed by atoms with Gasteiger partial charge in [0.1, 0.15) is 9.88 Å². The molecule has 0 fully saturated rings. The van der Waals surface area contributed by atoms with Gasteiger partial charge in [-0.2, -0.15) is 0 Å². The predicted octanol–water partition coefficient (Wildman–Crippen LogP) is 2.70. The van der Waals surface area contributed by atoms with Crippen LogP contribution in [-0.2, 0) is 16.0 Å². The van der Waals surface area contributed by atoms with E-state index >= 15 is 0 Å². The Morgan fingerprint density at radius 2 is 2.07 bits per heavy atom. The highest BCUT2D eigenvalue weighted by molar-refractivity contribution is 7.13. The summed E-state index contributed by atoms with van der Waals surface area (Å²) in [6, 6.07) is 7.35. The van der Waals surface area contributed by atoms with Crippen molar-refractivity contribution in [3.05, 3.63) is 45.4 Å². The second-order valence-electron chi connectivity index (χ2n) is 6.49. The Kier molecular flexibility index (Phi) is 5.55. The zero-order chi connectivity index (χ0) is 19.6. The number of aryl methyl sites for hydroxylation is 2. The van der Waals surface area contributed by atoms with Crippen molar-refractivity contribution in [3.8, 4) is 0 Å². The maximum Gasteiger partial charge on any atom is 0.347 e. The number of carboxylic acids is 1. The Bertz CT molecular complexity index is 893. The van der Waals surface area contributed by atoms with Crippen molar-refractivity contribution in [1.82, 2.24) is 10.3 Å². The van der Waals surface area contributed by atoms with Crippen molar-refractivity contribution in [2.24, 2.45) is 0 Å². The minimum Gasteiger partial charge on any atom is -0.477 e. The maximum absolute atomic E-state index is 12.3. The first kappa shape index (κ1) is 19.0. The highest BCUT2D eigenvalue weighted by Crippen LogP contribution is 2.28. The molecule has 27 heavy (non-hydrogen) atoms. The number of benzene rings is 1. The molecule has 2 aromatic rings. The van der Waals surface area contributed by atoms with Crippen LogP contribution < -0.4 is 10.2 Å². The fourth-order valence-electron chi connectivity index (χ4n) is 3.13. The van der Waals surface area contributed by atoms with Gasteiger partial charge in [0.25, 0.3) is 0 Å². The number of rotatable bonds is 6. The van der Waals surface area contributed by atoms with E-state index in [1.165, 1.54) is 0 Å². The van der Waals surface area contributed by atoms with Gasteiger partial charge in [-0.1, -0.05) is 18.2 Å². The molecule has 1 aliphatic rings. The van der Waals surface area contributed by atoms with E-state index < -0.39 is 12.0 Å². The molecule has 0 bridgehead atoms. The molecule has 3 rings (SSSR count). The highest BCUT2D eigenvalue weighted by atomic mass is 32.1. The lowest BCUT2D eigenvalue weighted by Crippen LogP contribution is -2.38. The normalized spacial score (nSPS) is 14.6. The molecule has 2 heterocycles. The molecule has 1 aromatic carbocycles. The van der Waals surface area contributed by atoms with E-state index in [-0.39, 0.29) is 23.1 Å². The summed E-state index contributed by atoms with van der Waals surface area (Å²) in [5, 5.41) is 12.5. The van der Waals surface area contributed by atoms with Crippen molar-refractivity contribution >= 4 is 34.8 Å². The van der Waals surface area contributed by atoms with Gasteiger partial charge in [0.05, 0.1) is 11.7 Å². The van der Waals surface area contributed by atoms with Gasteiger partial charge in [-0.05, 0) is 31.9 Å². The van der Waals surface area contributed by atoms with Gasteiger partial charge >= 0.3 is 5.97 Å². The third-order valence-corrected chi connectivity index (χ3v) is 5.84. The number of fused-ring (bicyclic) bond motifs is 1. The molecule has 0 aliphatic carbocycles. The smallest absolute Gasteiger partial charge is 0.347 e. The predicted molar refractivity (Wildman–Crippen MR) is 102 cm³/mol. The van der Waals surface area contributed by atoms with Crippen LogP contribution in [0.1, 0.15) is 51.7 Å². The lowest BCUT2D eigenvalue weighted by Gasteiger charge is -2.29. The van der Waals surface area contributed by atoms with Gasteiger partial charge in [0, 0.05) is 25.1 Å². The largest absolute Gasteiger partial charge is 0.477 e. The van der Waals surface area contributed by atoms with Gasteiger partial charge in [0.15, 0.2) is 0 Å². The monoisotopic (exact) mass is 387 g/mol. The maximum atomic E-state index is 12.3. The molecule has 7 nitrogen and oxygen atoms in total. The quantitative estimate of drug-likeness (QED) is 0.794. The van der Waals surface area contributed by atoms with E-state index in [1.54, 1.807) is 18.7 Å². The number of carboxylic acid groups (broad SMARTS) is 1. The van der Waals surface area contributed by atoms with Crippen molar-refractivity contribution in [2.75, 3.05) is 11.4 Å². The summed E-state index contributed by atoms with van der Waals surface area (Å²) in [7, 11) is 0. The summed E-state index contributed by atoms with van der Waals surface area (Å²) in [6.07, 6.45) is 1.34. The summed E-state index contributed by atoms with van der Waals surface area (Å²) in [5.74, 6) is -1.20. The van der Waals surface area contributed by atoms with Crippen LogP contribution >= 0.6 is 11.3 Å². The lowest BCUT2D eigenvalue weighted by molar-refractivity contribution is -0.121. The first-order valence-corrected chi connectivity index (χ1v) is 9.56. The van der Waals surface area contributed by atoms with Crippen molar-refractivity contribution in [1.29, 1.82) is 0 Å². The summed E-state index contributed by atoms with van der Waals surface area (Å²) >= 11 is 1.07. The van der Waals surface area contributed by atoms with Crippen LogP contribution in [0.15, 0.2) is 24.3 Å². The Hall–Kier alpha value is -2.74. The molecule has 2 amide bonds. The van der Waals surface area contributed by atoms with E-state index in [1.807, 2.05) is 24.3 Å². The van der Waals surface area contributed by atoms with Crippen molar-refractivity contribution in [2.45, 2.75) is 39.2 Å². The summed E-state index contributed by atoms with van der Waals surface area (Å²) in [5.41, 5.74) is 2.43. The lowest BCUT2D eigenvalue weighted by atomic mass is 10.0. The summed E-state index contributed by atoms with van der Waals surface area (Å²) in [6.45, 7) is 3.71. The molecule has 142 valence electrons. The minimum atomic E-state index is -1.02. The number of nitrogens with zero attached hydrogens (tertiary/aromatic N) is 2. The molecule has 1 aliphatic heterocycles. The first-order chi connectivity index (χ1) is 12.9. The molecule has 0 radical (unpaired) electrons. The molecule has 1 aromatic heterocycles. The number of hydrogen-bond donors (Lipinski definition) is 2. The highest BCUT2D eigenvalue weighted by Gasteiger charge is 2.25. The number of thiazole rings is 1. The number of hydrogen-bond acceptors (Lipinski definition) is 5. The van der Waals surface area contributed by atoms with E-state index in [0.717, 1.165) is 29.0 Å². The number of nitrogens with one attached hydrogen (secondary N) is 1. The average Bonchev–Trinajstić information content (AvgIpc) is 3.03. The number of aromatic carboxylic acids is 1. The van der Waals surface area contributed by atoms with Crippen LogP contribution in [0.4, 0.5) is 5.69 Å². The molecule has 0 spiro atoms.